The predicted molar refractivity (Wildman–Crippen MR) is 118 cm³/mol. The first-order chi connectivity index (χ1) is 14.2. The largest absolute Gasteiger partial charge is 0.493 e. The van der Waals surface area contributed by atoms with Crippen LogP contribution < -0.4 is 14.8 Å². The molecule has 0 aliphatic heterocycles. The first kappa shape index (κ1) is 22.3. The van der Waals surface area contributed by atoms with Gasteiger partial charge in [-0.05, 0) is 89.8 Å². The van der Waals surface area contributed by atoms with Gasteiger partial charge in [-0.3, -0.25) is 0 Å². The average Bonchev–Trinajstić information content (AvgIpc) is 3.20. The van der Waals surface area contributed by atoms with E-state index in [1.807, 2.05) is 26.8 Å². The first-order valence-corrected chi connectivity index (χ1v) is 11.1. The summed E-state index contributed by atoms with van der Waals surface area (Å²) in [5, 5.41) is 2.99. The van der Waals surface area contributed by atoms with Crippen molar-refractivity contribution in [2.45, 2.75) is 95.3 Å². The molecule has 2 fully saturated rings. The van der Waals surface area contributed by atoms with Crippen molar-refractivity contribution in [1.29, 1.82) is 0 Å². The van der Waals surface area contributed by atoms with Gasteiger partial charge in [-0.15, -0.1) is 6.42 Å². The van der Waals surface area contributed by atoms with E-state index in [-0.39, 0.29) is 23.7 Å². The molecule has 1 aromatic rings. The molecule has 1 aromatic carbocycles. The van der Waals surface area contributed by atoms with Gasteiger partial charge in [0.15, 0.2) is 11.5 Å². The molecule has 2 aliphatic rings. The fourth-order valence-electron chi connectivity index (χ4n) is 4.50. The molecule has 30 heavy (non-hydrogen) atoms. The fraction of sp³-hybridized carbons (Fsp3) is 0.640. The van der Waals surface area contributed by atoms with Crippen molar-refractivity contribution in [3.05, 3.63) is 23.8 Å². The quantitative estimate of drug-likeness (QED) is 0.661. The third kappa shape index (κ3) is 5.41. The van der Waals surface area contributed by atoms with Gasteiger partial charge in [0.1, 0.15) is 5.60 Å². The normalized spacial score (nSPS) is 24.7. The number of nitrogens with one attached hydrogen (secondary N) is 1. The maximum atomic E-state index is 12.1. The van der Waals surface area contributed by atoms with Crippen molar-refractivity contribution in [2.75, 3.05) is 7.11 Å². The molecule has 3 rings (SSSR count). The lowest BCUT2D eigenvalue weighted by atomic mass is 9.69. The molecule has 1 N–H and O–H groups in total. The van der Waals surface area contributed by atoms with Crippen LogP contribution in [0.1, 0.15) is 77.7 Å². The predicted octanol–water partition coefficient (Wildman–Crippen LogP) is 5.35. The van der Waals surface area contributed by atoms with Gasteiger partial charge >= 0.3 is 6.09 Å². The lowest BCUT2D eigenvalue weighted by Gasteiger charge is -2.37. The minimum absolute atomic E-state index is 0.0776. The summed E-state index contributed by atoms with van der Waals surface area (Å²) in [6.45, 7) is 5.60. The van der Waals surface area contributed by atoms with Crippen molar-refractivity contribution >= 4 is 6.09 Å². The number of terminal acetylenes is 1. The lowest BCUT2D eigenvalue weighted by Crippen LogP contribution is -2.43. The number of amides is 1. The molecule has 164 valence electrons. The summed E-state index contributed by atoms with van der Waals surface area (Å²) in [5.41, 5.74) is 0.237. The Balaban J connectivity index is 1.70. The zero-order valence-electron chi connectivity index (χ0n) is 18.8. The number of alkyl carbamates (subject to hydrolysis) is 1. The van der Waals surface area contributed by atoms with Crippen LogP contribution in [-0.2, 0) is 10.2 Å². The average molecular weight is 414 g/mol. The Hall–Kier alpha value is -2.35. The number of benzene rings is 1. The van der Waals surface area contributed by atoms with Crippen molar-refractivity contribution in [1.82, 2.24) is 5.32 Å². The van der Waals surface area contributed by atoms with E-state index in [2.05, 4.69) is 23.4 Å². The summed E-state index contributed by atoms with van der Waals surface area (Å²) in [4.78, 5) is 12.1. The SMILES string of the molecule is C#CC1(c2ccc(OC)c(OC3CCCC3)c2)CCC(NC(=O)OC(C)(C)C)CC1. The highest BCUT2D eigenvalue weighted by molar-refractivity contribution is 5.68. The van der Waals surface area contributed by atoms with E-state index in [1.165, 1.54) is 12.8 Å². The third-order valence-corrected chi connectivity index (χ3v) is 6.15. The van der Waals surface area contributed by atoms with E-state index >= 15 is 0 Å². The molecule has 2 saturated carbocycles. The van der Waals surface area contributed by atoms with Crippen molar-refractivity contribution in [2.24, 2.45) is 0 Å². The van der Waals surface area contributed by atoms with Crippen LogP contribution in [0.2, 0.25) is 0 Å². The van der Waals surface area contributed by atoms with E-state index < -0.39 is 5.60 Å². The molecular formula is C25H35NO4. The molecule has 0 saturated heterocycles. The zero-order chi connectivity index (χ0) is 21.8. The van der Waals surface area contributed by atoms with Gasteiger partial charge in [-0.2, -0.15) is 0 Å². The van der Waals surface area contributed by atoms with Crippen LogP contribution in [0.5, 0.6) is 11.5 Å². The fourth-order valence-corrected chi connectivity index (χ4v) is 4.50. The minimum atomic E-state index is -0.500. The summed E-state index contributed by atoms with van der Waals surface area (Å²) in [6, 6.07) is 6.17. The summed E-state index contributed by atoms with van der Waals surface area (Å²) in [7, 11) is 1.67. The maximum Gasteiger partial charge on any atom is 0.407 e. The second-order valence-corrected chi connectivity index (χ2v) is 9.54. The first-order valence-electron chi connectivity index (χ1n) is 11.1. The molecule has 5 heteroatoms. The van der Waals surface area contributed by atoms with Gasteiger partial charge in [0, 0.05) is 6.04 Å². The van der Waals surface area contributed by atoms with E-state index in [9.17, 15) is 4.79 Å². The molecule has 0 atom stereocenters. The number of ether oxygens (including phenoxy) is 3. The van der Waals surface area contributed by atoms with Gasteiger partial charge in [0.2, 0.25) is 0 Å². The van der Waals surface area contributed by atoms with Crippen molar-refractivity contribution in [3.63, 3.8) is 0 Å². The highest BCUT2D eigenvalue weighted by atomic mass is 16.6. The van der Waals surface area contributed by atoms with Gasteiger partial charge in [-0.1, -0.05) is 12.0 Å². The van der Waals surface area contributed by atoms with E-state index in [0.717, 1.165) is 55.6 Å². The Morgan fingerprint density at radius 1 is 1.13 bits per heavy atom. The van der Waals surface area contributed by atoms with Crippen molar-refractivity contribution in [3.8, 4) is 23.8 Å². The Labute approximate surface area is 180 Å². The monoisotopic (exact) mass is 413 g/mol. The standard InChI is InChI=1S/C25H35NO4/c1-6-25(15-13-19(14-16-25)26-23(27)30-24(2,3)4)18-11-12-21(28-5)22(17-18)29-20-9-7-8-10-20/h1,11-12,17,19-20H,7-10,13-16H2,2-5H3,(H,26,27). The summed E-state index contributed by atoms with van der Waals surface area (Å²) in [6.07, 6.45) is 13.8. The Morgan fingerprint density at radius 2 is 1.80 bits per heavy atom. The second-order valence-electron chi connectivity index (χ2n) is 9.54. The Morgan fingerprint density at radius 3 is 2.37 bits per heavy atom. The van der Waals surface area contributed by atoms with Crippen molar-refractivity contribution < 1.29 is 19.0 Å². The van der Waals surface area contributed by atoms with E-state index in [4.69, 9.17) is 20.6 Å². The maximum absolute atomic E-state index is 12.1. The lowest BCUT2D eigenvalue weighted by molar-refractivity contribution is 0.0487. The number of hydrogen-bond acceptors (Lipinski definition) is 4. The van der Waals surface area contributed by atoms with Crippen LogP contribution in [-0.4, -0.2) is 30.9 Å². The van der Waals surface area contributed by atoms with E-state index in [1.54, 1.807) is 7.11 Å². The van der Waals surface area contributed by atoms with Crippen LogP contribution in [0.4, 0.5) is 4.79 Å². The van der Waals surface area contributed by atoms with E-state index in [0.29, 0.717) is 0 Å². The third-order valence-electron chi connectivity index (χ3n) is 6.15. The molecular weight excluding hydrogens is 378 g/mol. The molecule has 1 amide bonds. The smallest absolute Gasteiger partial charge is 0.407 e. The van der Waals surface area contributed by atoms with Gasteiger partial charge in [0.25, 0.3) is 0 Å². The second kappa shape index (κ2) is 9.20. The van der Waals surface area contributed by atoms with Crippen LogP contribution in [0.15, 0.2) is 18.2 Å². The van der Waals surface area contributed by atoms with Gasteiger partial charge in [-0.25, -0.2) is 4.79 Å². The molecule has 0 unspecified atom stereocenters. The Bertz CT molecular complexity index is 775. The highest BCUT2D eigenvalue weighted by Gasteiger charge is 2.37. The summed E-state index contributed by atoms with van der Waals surface area (Å²) < 4.78 is 17.2. The molecule has 0 spiro atoms. The number of methoxy groups -OCH3 is 1. The van der Waals surface area contributed by atoms with Crippen LogP contribution in [0.3, 0.4) is 0 Å². The Kier molecular flexibility index (Phi) is 6.85. The number of carbonyl (C=O) groups is 1. The van der Waals surface area contributed by atoms with Gasteiger partial charge in [0.05, 0.1) is 18.6 Å². The van der Waals surface area contributed by atoms with Crippen LogP contribution in [0.25, 0.3) is 0 Å². The number of carbonyl (C=O) groups excluding carboxylic acids is 1. The molecule has 5 nitrogen and oxygen atoms in total. The van der Waals surface area contributed by atoms with Crippen LogP contribution in [0, 0.1) is 12.3 Å². The summed E-state index contributed by atoms with van der Waals surface area (Å²) >= 11 is 0. The minimum Gasteiger partial charge on any atom is -0.493 e. The molecule has 0 aromatic heterocycles. The zero-order valence-corrected chi connectivity index (χ0v) is 18.8. The van der Waals surface area contributed by atoms with Gasteiger partial charge < -0.3 is 19.5 Å². The topological polar surface area (TPSA) is 56.8 Å². The molecule has 0 radical (unpaired) electrons. The molecule has 2 aliphatic carbocycles. The summed E-state index contributed by atoms with van der Waals surface area (Å²) in [5.74, 6) is 4.59. The molecule has 0 heterocycles. The number of hydrogen-bond donors (Lipinski definition) is 1. The molecule has 0 bridgehead atoms. The highest BCUT2D eigenvalue weighted by Crippen LogP contribution is 2.42. The van der Waals surface area contributed by atoms with Crippen LogP contribution >= 0.6 is 0 Å². The number of rotatable bonds is 5.